The summed E-state index contributed by atoms with van der Waals surface area (Å²) in [4.78, 5) is 22.2. The van der Waals surface area contributed by atoms with Crippen molar-refractivity contribution in [1.82, 2.24) is 0 Å². The molecular formula is C11H16O2. The van der Waals surface area contributed by atoms with Crippen molar-refractivity contribution in [3.63, 3.8) is 0 Å². The molecule has 0 saturated heterocycles. The van der Waals surface area contributed by atoms with Crippen LogP contribution in [0.1, 0.15) is 33.1 Å². The summed E-state index contributed by atoms with van der Waals surface area (Å²) in [6, 6.07) is 0. The summed E-state index contributed by atoms with van der Waals surface area (Å²) in [5.41, 5.74) is 0.0925. The molecule has 0 aliphatic carbocycles. The molecule has 13 heavy (non-hydrogen) atoms. The molecule has 0 aromatic carbocycles. The minimum Gasteiger partial charge on any atom is -0.294 e. The van der Waals surface area contributed by atoms with E-state index in [1.54, 1.807) is 13.0 Å². The SMILES string of the molecule is C=C(C(=O)C=CCCC)C(=O)CC. The quantitative estimate of drug-likeness (QED) is 0.357. The first-order valence-electron chi connectivity index (χ1n) is 4.56. The molecule has 2 heteroatoms. The summed E-state index contributed by atoms with van der Waals surface area (Å²) in [7, 11) is 0. The van der Waals surface area contributed by atoms with Crippen molar-refractivity contribution in [2.75, 3.05) is 0 Å². The Labute approximate surface area is 79.3 Å². The normalized spacial score (nSPS) is 10.3. The van der Waals surface area contributed by atoms with Crippen LogP contribution < -0.4 is 0 Å². The summed E-state index contributed by atoms with van der Waals surface area (Å²) >= 11 is 0. The number of rotatable bonds is 6. The van der Waals surface area contributed by atoms with Crippen molar-refractivity contribution < 1.29 is 9.59 Å². The zero-order valence-corrected chi connectivity index (χ0v) is 8.30. The van der Waals surface area contributed by atoms with E-state index >= 15 is 0 Å². The maximum atomic E-state index is 11.2. The number of ketones is 2. The van der Waals surface area contributed by atoms with E-state index in [1.807, 2.05) is 6.92 Å². The van der Waals surface area contributed by atoms with E-state index in [1.165, 1.54) is 6.08 Å². The van der Waals surface area contributed by atoms with Crippen LogP contribution in [0.3, 0.4) is 0 Å². The fourth-order valence-electron chi connectivity index (χ4n) is 0.808. The van der Waals surface area contributed by atoms with Gasteiger partial charge in [0, 0.05) is 6.42 Å². The molecule has 0 radical (unpaired) electrons. The van der Waals surface area contributed by atoms with Gasteiger partial charge in [0.2, 0.25) is 0 Å². The average molecular weight is 180 g/mol. The van der Waals surface area contributed by atoms with Crippen molar-refractivity contribution in [3.8, 4) is 0 Å². The van der Waals surface area contributed by atoms with Crippen LogP contribution in [0.2, 0.25) is 0 Å². The molecule has 0 unspecified atom stereocenters. The number of allylic oxidation sites excluding steroid dienone is 3. The van der Waals surface area contributed by atoms with Crippen LogP contribution >= 0.6 is 0 Å². The average Bonchev–Trinajstić information content (AvgIpc) is 2.15. The predicted octanol–water partition coefficient (Wildman–Crippen LogP) is 2.45. The van der Waals surface area contributed by atoms with E-state index in [0.29, 0.717) is 6.42 Å². The van der Waals surface area contributed by atoms with Crippen molar-refractivity contribution in [2.24, 2.45) is 0 Å². The maximum absolute atomic E-state index is 11.2. The second-order valence-corrected chi connectivity index (χ2v) is 2.81. The molecule has 0 saturated carbocycles. The van der Waals surface area contributed by atoms with Gasteiger partial charge in [-0.25, -0.2) is 0 Å². The van der Waals surface area contributed by atoms with E-state index in [9.17, 15) is 9.59 Å². The Morgan fingerprint density at radius 2 is 1.92 bits per heavy atom. The lowest BCUT2D eigenvalue weighted by molar-refractivity contribution is -0.119. The molecule has 0 aliphatic heterocycles. The van der Waals surface area contributed by atoms with E-state index in [4.69, 9.17) is 0 Å². The van der Waals surface area contributed by atoms with Crippen LogP contribution in [-0.4, -0.2) is 11.6 Å². The van der Waals surface area contributed by atoms with Crippen molar-refractivity contribution in [3.05, 3.63) is 24.3 Å². The molecular weight excluding hydrogens is 164 g/mol. The fraction of sp³-hybridized carbons (Fsp3) is 0.455. The Morgan fingerprint density at radius 1 is 1.31 bits per heavy atom. The van der Waals surface area contributed by atoms with Crippen molar-refractivity contribution in [2.45, 2.75) is 33.1 Å². The van der Waals surface area contributed by atoms with Gasteiger partial charge in [-0.2, -0.15) is 0 Å². The van der Waals surface area contributed by atoms with Gasteiger partial charge in [0.1, 0.15) is 0 Å². The third-order valence-electron chi connectivity index (χ3n) is 1.68. The molecule has 0 aromatic heterocycles. The highest BCUT2D eigenvalue weighted by Gasteiger charge is 2.09. The first kappa shape index (κ1) is 11.8. The Balaban J connectivity index is 4.12. The number of hydrogen-bond donors (Lipinski definition) is 0. The summed E-state index contributed by atoms with van der Waals surface area (Å²) < 4.78 is 0. The third kappa shape index (κ3) is 4.41. The Morgan fingerprint density at radius 3 is 2.38 bits per heavy atom. The monoisotopic (exact) mass is 180 g/mol. The lowest BCUT2D eigenvalue weighted by Crippen LogP contribution is -2.08. The molecule has 0 amide bonds. The molecule has 0 heterocycles. The molecule has 0 rings (SSSR count). The van der Waals surface area contributed by atoms with Gasteiger partial charge >= 0.3 is 0 Å². The number of Topliss-reactive ketones (excluding diaryl/α,β-unsaturated/α-hetero) is 1. The smallest absolute Gasteiger partial charge is 0.188 e. The molecule has 0 aromatic rings. The molecule has 2 nitrogen and oxygen atoms in total. The fourth-order valence-corrected chi connectivity index (χ4v) is 0.808. The zero-order valence-electron chi connectivity index (χ0n) is 8.30. The van der Waals surface area contributed by atoms with Gasteiger partial charge < -0.3 is 0 Å². The lowest BCUT2D eigenvalue weighted by Gasteiger charge is -1.96. The minimum atomic E-state index is -0.264. The van der Waals surface area contributed by atoms with Crippen LogP contribution in [-0.2, 0) is 9.59 Å². The number of hydrogen-bond acceptors (Lipinski definition) is 2. The highest BCUT2D eigenvalue weighted by atomic mass is 16.1. The number of carbonyl (C=O) groups is 2. The van der Waals surface area contributed by atoms with Gasteiger partial charge in [0.25, 0.3) is 0 Å². The van der Waals surface area contributed by atoms with Crippen LogP contribution in [0, 0.1) is 0 Å². The zero-order chi connectivity index (χ0) is 10.3. The summed E-state index contributed by atoms with van der Waals surface area (Å²) in [6.45, 7) is 7.20. The molecule has 0 N–H and O–H groups in total. The van der Waals surface area contributed by atoms with Gasteiger partial charge in [-0.05, 0) is 12.5 Å². The molecule has 0 bridgehead atoms. The van der Waals surface area contributed by atoms with Crippen LogP contribution in [0.5, 0.6) is 0 Å². The number of carbonyl (C=O) groups excluding carboxylic acids is 2. The van der Waals surface area contributed by atoms with Gasteiger partial charge in [-0.3, -0.25) is 9.59 Å². The Hall–Kier alpha value is -1.18. The van der Waals surface area contributed by atoms with E-state index < -0.39 is 0 Å². The van der Waals surface area contributed by atoms with Crippen LogP contribution in [0.15, 0.2) is 24.3 Å². The van der Waals surface area contributed by atoms with Gasteiger partial charge in [-0.15, -0.1) is 0 Å². The lowest BCUT2D eigenvalue weighted by atomic mass is 10.1. The van der Waals surface area contributed by atoms with E-state index in [-0.39, 0.29) is 17.1 Å². The largest absolute Gasteiger partial charge is 0.294 e. The molecule has 0 aliphatic rings. The number of unbranched alkanes of at least 4 members (excludes halogenated alkanes) is 1. The Kier molecular flexibility index (Phi) is 5.77. The topological polar surface area (TPSA) is 34.1 Å². The molecule has 0 spiro atoms. The first-order chi connectivity index (χ1) is 6.13. The van der Waals surface area contributed by atoms with Crippen molar-refractivity contribution >= 4 is 11.6 Å². The summed E-state index contributed by atoms with van der Waals surface area (Å²) in [5.74, 6) is -0.438. The highest BCUT2D eigenvalue weighted by molar-refractivity contribution is 6.23. The second-order valence-electron chi connectivity index (χ2n) is 2.81. The summed E-state index contributed by atoms with van der Waals surface area (Å²) in [6.07, 6.45) is 5.40. The standard InChI is InChI=1S/C11H16O2/c1-4-6-7-8-11(13)9(3)10(12)5-2/h7-8H,3-6H2,1-2H3. The third-order valence-corrected chi connectivity index (χ3v) is 1.68. The van der Waals surface area contributed by atoms with E-state index in [2.05, 4.69) is 6.58 Å². The summed E-state index contributed by atoms with van der Waals surface area (Å²) in [5, 5.41) is 0. The second kappa shape index (κ2) is 6.35. The molecule has 0 fully saturated rings. The van der Waals surface area contributed by atoms with Gasteiger partial charge in [0.15, 0.2) is 11.6 Å². The predicted molar refractivity (Wildman–Crippen MR) is 53.5 cm³/mol. The maximum Gasteiger partial charge on any atom is 0.188 e. The molecule has 72 valence electrons. The molecule has 0 atom stereocenters. The first-order valence-corrected chi connectivity index (χ1v) is 4.56. The van der Waals surface area contributed by atoms with E-state index in [0.717, 1.165) is 12.8 Å². The highest BCUT2D eigenvalue weighted by Crippen LogP contribution is 2.00. The van der Waals surface area contributed by atoms with Gasteiger partial charge in [-0.1, -0.05) is 32.9 Å². The van der Waals surface area contributed by atoms with Gasteiger partial charge in [0.05, 0.1) is 5.57 Å². The minimum absolute atomic E-state index is 0.0925. The Bertz CT molecular complexity index is 236. The van der Waals surface area contributed by atoms with Crippen LogP contribution in [0.4, 0.5) is 0 Å². The van der Waals surface area contributed by atoms with Crippen LogP contribution in [0.25, 0.3) is 0 Å². The van der Waals surface area contributed by atoms with Crippen molar-refractivity contribution in [1.29, 1.82) is 0 Å².